The zero-order valence-corrected chi connectivity index (χ0v) is 17.2. The molecule has 0 saturated heterocycles. The molecule has 2 aromatic carbocycles. The molecule has 0 spiro atoms. The van der Waals surface area contributed by atoms with Crippen LogP contribution in [-0.4, -0.2) is 35.8 Å². The lowest BCUT2D eigenvalue weighted by Gasteiger charge is -2.19. The molecular weight excluding hydrogens is 392 g/mol. The number of ether oxygens (including phenoxy) is 1. The minimum absolute atomic E-state index is 0.0327. The van der Waals surface area contributed by atoms with Crippen LogP contribution in [0.4, 0.5) is 0 Å². The highest BCUT2D eigenvalue weighted by Gasteiger charge is 2.27. The number of aromatic nitrogens is 3. The summed E-state index contributed by atoms with van der Waals surface area (Å²) >= 11 is 0. The number of nitrogens with zero attached hydrogens (tertiary/aromatic N) is 3. The maximum Gasteiger partial charge on any atom is 0.338 e. The molecule has 1 atom stereocenters. The van der Waals surface area contributed by atoms with Gasteiger partial charge in [0, 0.05) is 7.05 Å². The van der Waals surface area contributed by atoms with Crippen LogP contribution in [0.5, 0.6) is 0 Å². The van der Waals surface area contributed by atoms with Crippen LogP contribution in [0.15, 0.2) is 59.5 Å². The lowest BCUT2D eigenvalue weighted by molar-refractivity contribution is 0.0526. The highest BCUT2D eigenvalue weighted by Crippen LogP contribution is 2.23. The Morgan fingerprint density at radius 1 is 1.10 bits per heavy atom. The molecule has 1 N–H and O–H groups in total. The van der Waals surface area contributed by atoms with Crippen LogP contribution in [-0.2, 0) is 21.8 Å². The molecule has 0 amide bonds. The molecule has 0 unspecified atom stereocenters. The van der Waals surface area contributed by atoms with Gasteiger partial charge in [0.05, 0.1) is 17.1 Å². The fraction of sp³-hybridized carbons (Fsp3) is 0.250. The first-order valence-corrected chi connectivity index (χ1v) is 10.5. The number of esters is 1. The summed E-state index contributed by atoms with van der Waals surface area (Å²) in [6.07, 6.45) is 0. The molecule has 0 fully saturated rings. The summed E-state index contributed by atoms with van der Waals surface area (Å²) in [6.45, 7) is 3.75. The molecule has 3 rings (SSSR count). The summed E-state index contributed by atoms with van der Waals surface area (Å²) in [5.74, 6) is 0.639. The molecule has 0 aliphatic carbocycles. The van der Waals surface area contributed by atoms with Crippen molar-refractivity contribution < 1.29 is 17.9 Å². The topological polar surface area (TPSA) is 103 Å². The Balaban J connectivity index is 1.94. The van der Waals surface area contributed by atoms with Gasteiger partial charge >= 0.3 is 5.97 Å². The highest BCUT2D eigenvalue weighted by molar-refractivity contribution is 7.89. The monoisotopic (exact) mass is 414 g/mol. The zero-order valence-electron chi connectivity index (χ0n) is 16.4. The molecule has 0 bridgehead atoms. The molecule has 3 aromatic rings. The number of hydrogen-bond acceptors (Lipinski definition) is 6. The molecule has 0 aliphatic heterocycles. The molecule has 1 heterocycles. The second-order valence-corrected chi connectivity index (χ2v) is 8.09. The average molecular weight is 414 g/mol. The van der Waals surface area contributed by atoms with Crippen LogP contribution >= 0.6 is 0 Å². The van der Waals surface area contributed by atoms with E-state index in [1.807, 2.05) is 30.3 Å². The van der Waals surface area contributed by atoms with Crippen molar-refractivity contribution in [2.45, 2.75) is 24.8 Å². The molecular formula is C20H22N4O4S. The second-order valence-electron chi connectivity index (χ2n) is 6.37. The predicted octanol–water partition coefficient (Wildman–Crippen LogP) is 2.37. The van der Waals surface area contributed by atoms with E-state index in [0.717, 1.165) is 5.56 Å². The highest BCUT2D eigenvalue weighted by atomic mass is 32.2. The second kappa shape index (κ2) is 8.54. The molecule has 1 aromatic heterocycles. The van der Waals surface area contributed by atoms with E-state index in [-0.39, 0.29) is 17.1 Å². The minimum Gasteiger partial charge on any atom is -0.462 e. The van der Waals surface area contributed by atoms with E-state index in [1.54, 1.807) is 25.5 Å². The summed E-state index contributed by atoms with van der Waals surface area (Å²) in [5.41, 5.74) is 1.02. The van der Waals surface area contributed by atoms with E-state index in [4.69, 9.17) is 4.74 Å². The smallest absolute Gasteiger partial charge is 0.338 e. The van der Waals surface area contributed by atoms with Gasteiger partial charge < -0.3 is 9.30 Å². The van der Waals surface area contributed by atoms with Gasteiger partial charge in [0.25, 0.3) is 0 Å². The Hall–Kier alpha value is -3.04. The Bertz CT molecular complexity index is 1090. The number of aryl methyl sites for hydroxylation is 1. The normalized spacial score (nSPS) is 12.5. The lowest BCUT2D eigenvalue weighted by Crippen LogP contribution is -2.31. The third-order valence-corrected chi connectivity index (χ3v) is 5.90. The summed E-state index contributed by atoms with van der Waals surface area (Å²) < 4.78 is 35.4. The van der Waals surface area contributed by atoms with E-state index in [2.05, 4.69) is 14.9 Å². The molecule has 0 aliphatic rings. The lowest BCUT2D eigenvalue weighted by atomic mass is 10.1. The van der Waals surface area contributed by atoms with Gasteiger partial charge in [-0.2, -0.15) is 4.72 Å². The van der Waals surface area contributed by atoms with Crippen molar-refractivity contribution in [3.05, 3.63) is 77.4 Å². The van der Waals surface area contributed by atoms with Gasteiger partial charge in [-0.15, -0.1) is 10.2 Å². The first-order valence-electron chi connectivity index (χ1n) is 9.04. The van der Waals surface area contributed by atoms with E-state index < -0.39 is 22.0 Å². The summed E-state index contributed by atoms with van der Waals surface area (Å²) in [7, 11) is -2.12. The summed E-state index contributed by atoms with van der Waals surface area (Å²) in [4.78, 5) is 11.8. The Morgan fingerprint density at radius 2 is 1.76 bits per heavy atom. The number of rotatable bonds is 7. The number of hydrogen-bond donors (Lipinski definition) is 1. The van der Waals surface area contributed by atoms with Crippen LogP contribution in [0.3, 0.4) is 0 Å². The molecule has 0 radical (unpaired) electrons. The van der Waals surface area contributed by atoms with Crippen LogP contribution in [0, 0.1) is 6.92 Å². The van der Waals surface area contributed by atoms with Crippen molar-refractivity contribution in [2.75, 3.05) is 6.61 Å². The van der Waals surface area contributed by atoms with Crippen LogP contribution in [0.1, 0.15) is 40.5 Å². The number of carbonyl (C=O) groups is 1. The third kappa shape index (κ3) is 4.52. The zero-order chi connectivity index (χ0) is 21.0. The van der Waals surface area contributed by atoms with Crippen LogP contribution < -0.4 is 4.72 Å². The maximum atomic E-state index is 13.0. The Labute approximate surface area is 169 Å². The van der Waals surface area contributed by atoms with E-state index in [9.17, 15) is 13.2 Å². The molecule has 8 nitrogen and oxygen atoms in total. The van der Waals surface area contributed by atoms with Gasteiger partial charge in [-0.3, -0.25) is 0 Å². The molecule has 0 saturated carbocycles. The van der Waals surface area contributed by atoms with Gasteiger partial charge in [0.15, 0.2) is 5.82 Å². The van der Waals surface area contributed by atoms with E-state index >= 15 is 0 Å². The molecule has 29 heavy (non-hydrogen) atoms. The SMILES string of the molecule is CCOC(=O)c1ccc(S(=O)(=O)N[C@H](c2ccccc2)c2nnc(C)n2C)cc1. The fourth-order valence-corrected chi connectivity index (χ4v) is 3.98. The van der Waals surface area contributed by atoms with Crippen molar-refractivity contribution in [3.8, 4) is 0 Å². The van der Waals surface area contributed by atoms with Crippen molar-refractivity contribution in [1.82, 2.24) is 19.5 Å². The molecule has 152 valence electrons. The Morgan fingerprint density at radius 3 is 2.31 bits per heavy atom. The Kier molecular flexibility index (Phi) is 6.09. The van der Waals surface area contributed by atoms with Crippen molar-refractivity contribution >= 4 is 16.0 Å². The number of benzene rings is 2. The third-order valence-electron chi connectivity index (χ3n) is 4.47. The van der Waals surface area contributed by atoms with Crippen molar-refractivity contribution in [2.24, 2.45) is 7.05 Å². The summed E-state index contributed by atoms with van der Waals surface area (Å²) in [5, 5.41) is 8.19. The minimum atomic E-state index is -3.90. The van der Waals surface area contributed by atoms with E-state index in [1.165, 1.54) is 24.3 Å². The number of sulfonamides is 1. The van der Waals surface area contributed by atoms with Crippen LogP contribution in [0.2, 0.25) is 0 Å². The largest absolute Gasteiger partial charge is 0.462 e. The predicted molar refractivity (Wildman–Crippen MR) is 107 cm³/mol. The quantitative estimate of drug-likeness (QED) is 0.596. The van der Waals surface area contributed by atoms with Gasteiger partial charge in [0.1, 0.15) is 11.9 Å². The van der Waals surface area contributed by atoms with Crippen molar-refractivity contribution in [3.63, 3.8) is 0 Å². The number of nitrogens with one attached hydrogen (secondary N) is 1. The van der Waals surface area contributed by atoms with Gasteiger partial charge in [-0.1, -0.05) is 30.3 Å². The fourth-order valence-electron chi connectivity index (χ4n) is 2.80. The standard InChI is InChI=1S/C20H22N4O4S/c1-4-28-20(25)16-10-12-17(13-11-16)29(26,27)23-18(15-8-6-5-7-9-15)19-22-21-14(2)24(19)3/h5-13,18,23H,4H2,1-3H3/t18-/m1/s1. The average Bonchev–Trinajstić information content (AvgIpc) is 3.05. The number of carbonyl (C=O) groups excluding carboxylic acids is 1. The first-order chi connectivity index (χ1) is 13.8. The van der Waals surface area contributed by atoms with E-state index in [0.29, 0.717) is 11.6 Å². The van der Waals surface area contributed by atoms with Gasteiger partial charge in [-0.05, 0) is 43.7 Å². The summed E-state index contributed by atoms with van der Waals surface area (Å²) in [6, 6.07) is 14.0. The van der Waals surface area contributed by atoms with Gasteiger partial charge in [-0.25, -0.2) is 13.2 Å². The van der Waals surface area contributed by atoms with Crippen LogP contribution in [0.25, 0.3) is 0 Å². The first kappa shape index (κ1) is 20.7. The maximum absolute atomic E-state index is 13.0. The molecule has 9 heteroatoms. The van der Waals surface area contributed by atoms with Gasteiger partial charge in [0.2, 0.25) is 10.0 Å². The van der Waals surface area contributed by atoms with Crippen molar-refractivity contribution in [1.29, 1.82) is 0 Å².